The molecule has 0 aromatic heterocycles. The van der Waals surface area contributed by atoms with Crippen LogP contribution < -0.4 is 21.6 Å². The van der Waals surface area contributed by atoms with Gasteiger partial charge in [-0.25, -0.2) is 0 Å². The second-order valence-corrected chi connectivity index (χ2v) is 7.12. The Hall–Kier alpha value is -3.12. The Labute approximate surface area is 175 Å². The van der Waals surface area contributed by atoms with Crippen molar-refractivity contribution in [2.45, 2.75) is 13.8 Å². The molecule has 1 aliphatic heterocycles. The zero-order valence-corrected chi connectivity index (χ0v) is 16.7. The minimum absolute atomic E-state index is 0. The van der Waals surface area contributed by atoms with Crippen LogP contribution in [-0.2, 0) is 16.5 Å². The number of amides is 2. The number of imide groups is 1. The molecule has 1 aliphatic rings. The van der Waals surface area contributed by atoms with Gasteiger partial charge in [-0.3, -0.25) is 29.5 Å². The third kappa shape index (κ3) is 3.30. The van der Waals surface area contributed by atoms with Gasteiger partial charge in [0.2, 0.25) is 10.9 Å². The first-order valence-corrected chi connectivity index (χ1v) is 8.91. The van der Waals surface area contributed by atoms with Crippen molar-refractivity contribution >= 4 is 28.3 Å². The van der Waals surface area contributed by atoms with E-state index in [1.165, 1.54) is 4.90 Å². The number of carbonyl (C=O) groups excluding carboxylic acids is 2. The SMILES string of the molecule is CC(C)CN1C(=O)c2cccc(NN=c3c(=O)c4ccccc4c3=O)c2C1=O.[Ni+2]. The molecule has 2 amide bonds. The molecule has 7 nitrogen and oxygen atoms in total. The van der Waals surface area contributed by atoms with Crippen molar-refractivity contribution in [2.75, 3.05) is 12.0 Å². The molecule has 0 saturated carbocycles. The fraction of sp³-hybridized carbons (Fsp3) is 0.190. The van der Waals surface area contributed by atoms with Crippen LogP contribution >= 0.6 is 0 Å². The molecule has 0 fully saturated rings. The topological polar surface area (TPSA) is 95.9 Å². The average molecular weight is 434 g/mol. The van der Waals surface area contributed by atoms with E-state index >= 15 is 0 Å². The molecular formula is C21H17N3NiO4+2. The molecule has 3 aromatic rings. The average Bonchev–Trinajstić information content (AvgIpc) is 3.07. The maximum atomic E-state index is 12.7. The molecule has 8 heteroatoms. The largest absolute Gasteiger partial charge is 2.00 e. The molecule has 29 heavy (non-hydrogen) atoms. The van der Waals surface area contributed by atoms with Crippen molar-refractivity contribution in [3.8, 4) is 0 Å². The number of hydrogen-bond donors (Lipinski definition) is 1. The van der Waals surface area contributed by atoms with E-state index in [-0.39, 0.29) is 50.5 Å². The van der Waals surface area contributed by atoms with Crippen LogP contribution in [0.1, 0.15) is 34.6 Å². The second-order valence-electron chi connectivity index (χ2n) is 7.12. The summed E-state index contributed by atoms with van der Waals surface area (Å²) in [4.78, 5) is 51.4. The molecule has 0 saturated heterocycles. The van der Waals surface area contributed by atoms with Crippen LogP contribution in [0.15, 0.2) is 57.2 Å². The number of rotatable bonds is 4. The van der Waals surface area contributed by atoms with Crippen molar-refractivity contribution in [2.24, 2.45) is 11.0 Å². The Balaban J connectivity index is 0.00000240. The van der Waals surface area contributed by atoms with Crippen LogP contribution in [-0.4, -0.2) is 23.3 Å². The molecule has 0 radical (unpaired) electrons. The summed E-state index contributed by atoms with van der Waals surface area (Å²) in [7, 11) is 0. The maximum absolute atomic E-state index is 12.7. The fourth-order valence-electron chi connectivity index (χ4n) is 3.41. The summed E-state index contributed by atoms with van der Waals surface area (Å²) in [5.74, 6) is -0.638. The summed E-state index contributed by atoms with van der Waals surface area (Å²) in [6.45, 7) is 4.15. The van der Waals surface area contributed by atoms with E-state index in [0.717, 1.165) is 0 Å². The van der Waals surface area contributed by atoms with E-state index in [0.29, 0.717) is 17.3 Å². The van der Waals surface area contributed by atoms with Crippen molar-refractivity contribution in [3.05, 3.63) is 79.4 Å². The van der Waals surface area contributed by atoms with Crippen molar-refractivity contribution < 1.29 is 26.1 Å². The fourth-order valence-corrected chi connectivity index (χ4v) is 3.41. The molecule has 148 valence electrons. The van der Waals surface area contributed by atoms with Crippen molar-refractivity contribution in [1.82, 2.24) is 4.90 Å². The molecule has 0 unspecified atom stereocenters. The normalized spacial score (nSPS) is 13.0. The summed E-state index contributed by atoms with van der Waals surface area (Å²) in [5, 5.41) is 4.35. The van der Waals surface area contributed by atoms with Gasteiger partial charge >= 0.3 is 16.5 Å². The van der Waals surface area contributed by atoms with Gasteiger partial charge in [0.15, 0.2) is 5.36 Å². The van der Waals surface area contributed by atoms with Gasteiger partial charge in [0, 0.05) is 17.3 Å². The monoisotopic (exact) mass is 433 g/mol. The number of carbonyl (C=O) groups is 2. The zero-order chi connectivity index (χ0) is 20.0. The number of nitrogens with one attached hydrogen (secondary N) is 1. The minimum atomic E-state index is -0.468. The third-order valence-electron chi connectivity index (χ3n) is 4.68. The summed E-state index contributed by atoms with van der Waals surface area (Å²) in [6, 6.07) is 11.3. The molecule has 1 N–H and O–H groups in total. The molecular weight excluding hydrogens is 417 g/mol. The summed E-state index contributed by atoms with van der Waals surface area (Å²) < 4.78 is 0. The van der Waals surface area contributed by atoms with E-state index in [1.54, 1.807) is 42.5 Å². The third-order valence-corrected chi connectivity index (χ3v) is 4.68. The standard InChI is InChI=1S/C21H17N3O4.Ni/c1-11(2)10-24-20(27)14-8-5-9-15(16(14)21(24)28)22-23-17-18(25)12-6-3-4-7-13(12)19(17)26;/h3-9,11,22H,10H2,1-2H3;/q;+2. The molecule has 0 spiro atoms. The first-order valence-electron chi connectivity index (χ1n) is 8.91. The second kappa shape index (κ2) is 7.72. The molecule has 3 aromatic carbocycles. The molecule has 1 heterocycles. The quantitative estimate of drug-likeness (QED) is 0.383. The number of anilines is 1. The summed E-state index contributed by atoms with van der Waals surface area (Å²) in [6.07, 6.45) is 0. The smallest absolute Gasteiger partial charge is 0.287 e. The number of nitrogens with zero attached hydrogens (tertiary/aromatic N) is 2. The van der Waals surface area contributed by atoms with E-state index in [1.807, 2.05) is 13.8 Å². The predicted molar refractivity (Wildman–Crippen MR) is 105 cm³/mol. The van der Waals surface area contributed by atoms with Crippen LogP contribution in [0.25, 0.3) is 10.8 Å². The number of benzene rings is 2. The van der Waals surface area contributed by atoms with Crippen LogP contribution in [0.4, 0.5) is 5.69 Å². The van der Waals surface area contributed by atoms with Crippen LogP contribution in [0.2, 0.25) is 0 Å². The van der Waals surface area contributed by atoms with Crippen molar-refractivity contribution in [3.63, 3.8) is 0 Å². The van der Waals surface area contributed by atoms with E-state index in [4.69, 9.17) is 0 Å². The van der Waals surface area contributed by atoms with E-state index in [9.17, 15) is 19.2 Å². The Kier molecular flexibility index (Phi) is 5.49. The molecule has 0 bridgehead atoms. The first-order chi connectivity index (χ1) is 13.4. The Morgan fingerprint density at radius 1 is 0.897 bits per heavy atom. The number of hydrogen-bond acceptors (Lipinski definition) is 6. The van der Waals surface area contributed by atoms with Gasteiger partial charge in [-0.2, -0.15) is 5.10 Å². The predicted octanol–water partition coefficient (Wildman–Crippen LogP) is 1.61. The molecule has 0 aliphatic carbocycles. The Morgan fingerprint density at radius 3 is 2.10 bits per heavy atom. The van der Waals surface area contributed by atoms with Gasteiger partial charge in [-0.1, -0.05) is 44.2 Å². The van der Waals surface area contributed by atoms with Crippen LogP contribution in [0.3, 0.4) is 0 Å². The van der Waals surface area contributed by atoms with E-state index < -0.39 is 16.8 Å². The van der Waals surface area contributed by atoms with Crippen LogP contribution in [0, 0.1) is 5.92 Å². The Morgan fingerprint density at radius 2 is 1.52 bits per heavy atom. The van der Waals surface area contributed by atoms with Gasteiger partial charge in [-0.15, -0.1) is 0 Å². The van der Waals surface area contributed by atoms with Crippen molar-refractivity contribution in [1.29, 1.82) is 0 Å². The Bertz CT molecular complexity index is 1240. The van der Waals surface area contributed by atoms with Gasteiger partial charge < -0.3 is 0 Å². The first kappa shape index (κ1) is 20.6. The summed E-state index contributed by atoms with van der Waals surface area (Å²) >= 11 is 0. The maximum Gasteiger partial charge on any atom is 2.00 e. The van der Waals surface area contributed by atoms with Gasteiger partial charge in [-0.05, 0) is 18.1 Å². The molecule has 0 atom stereocenters. The summed E-state index contributed by atoms with van der Waals surface area (Å²) in [5.41, 5.74) is 2.48. The minimum Gasteiger partial charge on any atom is -0.287 e. The zero-order valence-electron chi connectivity index (χ0n) is 15.7. The number of fused-ring (bicyclic) bond motifs is 2. The molecule has 4 rings (SSSR count). The van der Waals surface area contributed by atoms with Gasteiger partial charge in [0.1, 0.15) is 0 Å². The van der Waals surface area contributed by atoms with Gasteiger partial charge in [0.25, 0.3) is 11.8 Å². The van der Waals surface area contributed by atoms with E-state index in [2.05, 4.69) is 10.5 Å². The van der Waals surface area contributed by atoms with Crippen LogP contribution in [0.5, 0.6) is 0 Å². The van der Waals surface area contributed by atoms with Gasteiger partial charge in [0.05, 0.1) is 16.8 Å².